The number of carboxylic acid groups (broad SMARTS) is 1. The first-order chi connectivity index (χ1) is 24.7. The van der Waals surface area contributed by atoms with Crippen LogP contribution in [0.15, 0.2) is 85.2 Å². The maximum Gasteiger partial charge on any atom is 0.303 e. The second-order valence-electron chi connectivity index (χ2n) is 12.1. The summed E-state index contributed by atoms with van der Waals surface area (Å²) < 4.78 is 18.2. The number of nitrogens with one attached hydrogen (secondary N) is 1. The SMILES string of the molecule is COc1cc(-c2cccc(-c3cccc(COc4cc(OCc5cncc(C#N)c5)c(CNCCCC(=O)O)cc4Cl)c3C)c2C)ccc1CN. The lowest BCUT2D eigenvalue weighted by atomic mass is 9.89. The summed E-state index contributed by atoms with van der Waals surface area (Å²) in [5.74, 6) is 0.949. The van der Waals surface area contributed by atoms with Crippen LogP contribution in [0.25, 0.3) is 22.3 Å². The molecule has 0 aliphatic carbocycles. The van der Waals surface area contributed by atoms with E-state index in [0.717, 1.165) is 61.4 Å². The minimum atomic E-state index is -0.835. The third kappa shape index (κ3) is 9.24. The first-order valence-corrected chi connectivity index (χ1v) is 17.0. The zero-order valence-corrected chi connectivity index (χ0v) is 29.7. The highest BCUT2D eigenvalue weighted by Gasteiger charge is 2.16. The molecule has 0 aliphatic rings. The number of halogens is 1. The molecule has 0 fully saturated rings. The zero-order chi connectivity index (χ0) is 36.3. The molecule has 0 atom stereocenters. The van der Waals surface area contributed by atoms with Crippen LogP contribution in [0.2, 0.25) is 5.02 Å². The van der Waals surface area contributed by atoms with Gasteiger partial charge in [-0.1, -0.05) is 60.1 Å². The molecule has 4 aromatic carbocycles. The van der Waals surface area contributed by atoms with Gasteiger partial charge in [0.25, 0.3) is 0 Å². The van der Waals surface area contributed by atoms with Gasteiger partial charge >= 0.3 is 5.97 Å². The van der Waals surface area contributed by atoms with Crippen molar-refractivity contribution in [1.82, 2.24) is 10.3 Å². The smallest absolute Gasteiger partial charge is 0.303 e. The van der Waals surface area contributed by atoms with Crippen molar-refractivity contribution >= 4 is 17.6 Å². The predicted molar refractivity (Wildman–Crippen MR) is 199 cm³/mol. The second kappa shape index (κ2) is 17.5. The first-order valence-electron chi connectivity index (χ1n) is 16.6. The minimum absolute atomic E-state index is 0.0794. The van der Waals surface area contributed by atoms with Crippen LogP contribution < -0.4 is 25.3 Å². The maximum atomic E-state index is 10.9. The van der Waals surface area contributed by atoms with Crippen molar-refractivity contribution in [2.24, 2.45) is 5.73 Å². The summed E-state index contributed by atoms with van der Waals surface area (Å²) in [7, 11) is 1.66. The predicted octanol–water partition coefficient (Wildman–Crippen LogP) is 8.14. The highest BCUT2D eigenvalue weighted by Crippen LogP contribution is 2.37. The Bertz CT molecular complexity index is 2060. The van der Waals surface area contributed by atoms with E-state index >= 15 is 0 Å². The van der Waals surface area contributed by atoms with Crippen molar-refractivity contribution in [1.29, 1.82) is 5.26 Å². The van der Waals surface area contributed by atoms with Crippen molar-refractivity contribution in [2.45, 2.75) is 53.0 Å². The number of ether oxygens (including phenoxy) is 3. The number of benzene rings is 4. The van der Waals surface area contributed by atoms with E-state index in [1.54, 1.807) is 31.5 Å². The molecule has 1 heterocycles. The van der Waals surface area contributed by atoms with E-state index < -0.39 is 5.97 Å². The molecule has 51 heavy (non-hydrogen) atoms. The number of methoxy groups -OCH3 is 1. The van der Waals surface area contributed by atoms with E-state index in [-0.39, 0.29) is 19.6 Å². The van der Waals surface area contributed by atoms with Crippen molar-refractivity contribution in [3.8, 4) is 45.6 Å². The fourth-order valence-electron chi connectivity index (χ4n) is 5.94. The average Bonchev–Trinajstić information content (AvgIpc) is 3.14. The Hall–Kier alpha value is -5.40. The summed E-state index contributed by atoms with van der Waals surface area (Å²) in [6, 6.07) is 26.0. The summed E-state index contributed by atoms with van der Waals surface area (Å²) >= 11 is 6.76. The molecule has 0 aliphatic heterocycles. The topological polar surface area (TPSA) is 140 Å². The van der Waals surface area contributed by atoms with Gasteiger partial charge in [0.2, 0.25) is 0 Å². The molecule has 4 N–H and O–H groups in total. The number of carbonyl (C=O) groups is 1. The van der Waals surface area contributed by atoms with Gasteiger partial charge in [0, 0.05) is 54.7 Å². The monoisotopic (exact) mass is 704 g/mol. The van der Waals surface area contributed by atoms with Gasteiger partial charge in [-0.25, -0.2) is 0 Å². The van der Waals surface area contributed by atoms with Gasteiger partial charge in [0.05, 0.1) is 17.7 Å². The van der Waals surface area contributed by atoms with Crippen LogP contribution in [0, 0.1) is 25.2 Å². The Balaban J connectivity index is 1.38. The number of nitrogens with zero attached hydrogens (tertiary/aromatic N) is 2. The third-order valence-electron chi connectivity index (χ3n) is 8.76. The molecule has 9 nitrogen and oxygen atoms in total. The largest absolute Gasteiger partial charge is 0.496 e. The molecule has 10 heteroatoms. The number of aliphatic carboxylic acids is 1. The van der Waals surface area contributed by atoms with Crippen LogP contribution in [0.3, 0.4) is 0 Å². The number of carboxylic acids is 1. The molecule has 262 valence electrons. The molecular weight excluding hydrogens is 664 g/mol. The van der Waals surface area contributed by atoms with E-state index in [1.807, 2.05) is 24.3 Å². The Morgan fingerprint density at radius 1 is 0.882 bits per heavy atom. The van der Waals surface area contributed by atoms with Gasteiger partial charge in [-0.05, 0) is 84.0 Å². The van der Waals surface area contributed by atoms with Crippen molar-refractivity contribution in [3.05, 3.63) is 129 Å². The molecule has 0 saturated heterocycles. The molecule has 5 rings (SSSR count). The van der Waals surface area contributed by atoms with Crippen LogP contribution in [0.4, 0.5) is 0 Å². The number of pyridine rings is 1. The number of rotatable bonds is 16. The number of nitriles is 1. The first kappa shape index (κ1) is 36.9. The Kier molecular flexibility index (Phi) is 12.7. The molecule has 0 unspecified atom stereocenters. The van der Waals surface area contributed by atoms with Gasteiger partial charge < -0.3 is 30.4 Å². The van der Waals surface area contributed by atoms with Gasteiger partial charge in [0.15, 0.2) is 0 Å². The molecular formula is C41H41ClN4O5. The number of hydrogen-bond acceptors (Lipinski definition) is 8. The van der Waals surface area contributed by atoms with E-state index in [0.29, 0.717) is 48.1 Å². The Labute approximate surface area is 303 Å². The number of hydrogen-bond donors (Lipinski definition) is 3. The Morgan fingerprint density at radius 3 is 2.37 bits per heavy atom. The standard InChI is InChI=1S/C41H41ClN4O5/c1-26-32(7-4-9-35(26)36-10-5-8-34(27(36)2)30-12-13-31(20-44)38(17-30)49-3)25-51-40-18-39(50-24-29-15-28(19-43)21-46-22-29)33(16-37(40)42)23-45-14-6-11-41(47)48/h4-5,7-10,12-13,15-18,21-22,45H,6,11,14,20,23-25,44H2,1-3H3,(H,47,48). The summed E-state index contributed by atoms with van der Waals surface area (Å²) in [6.07, 6.45) is 3.72. The van der Waals surface area contributed by atoms with Crippen LogP contribution >= 0.6 is 11.6 Å². The van der Waals surface area contributed by atoms with Crippen LogP contribution in [-0.4, -0.2) is 29.7 Å². The second-order valence-corrected chi connectivity index (χ2v) is 12.5. The van der Waals surface area contributed by atoms with Crippen LogP contribution in [0.5, 0.6) is 17.2 Å². The maximum absolute atomic E-state index is 10.9. The molecule has 0 radical (unpaired) electrons. The molecule has 5 aromatic rings. The van der Waals surface area contributed by atoms with E-state index in [9.17, 15) is 10.1 Å². The normalized spacial score (nSPS) is 10.8. The highest BCUT2D eigenvalue weighted by molar-refractivity contribution is 6.32. The van der Waals surface area contributed by atoms with Crippen molar-refractivity contribution in [3.63, 3.8) is 0 Å². The molecule has 0 saturated carbocycles. The third-order valence-corrected chi connectivity index (χ3v) is 9.06. The summed E-state index contributed by atoms with van der Waals surface area (Å²) in [6.45, 7) is 6.01. The van der Waals surface area contributed by atoms with E-state index in [4.69, 9.17) is 36.7 Å². The zero-order valence-electron chi connectivity index (χ0n) is 29.0. The molecule has 1 aromatic heterocycles. The molecule has 0 amide bonds. The van der Waals surface area contributed by atoms with Gasteiger partial charge in [-0.15, -0.1) is 0 Å². The van der Waals surface area contributed by atoms with Gasteiger partial charge in [-0.2, -0.15) is 5.26 Å². The summed E-state index contributed by atoms with van der Waals surface area (Å²) in [5, 5.41) is 21.9. The lowest BCUT2D eigenvalue weighted by Gasteiger charge is -2.18. The number of aromatic nitrogens is 1. The van der Waals surface area contributed by atoms with Gasteiger partial charge in [0.1, 0.15) is 36.5 Å². The fourth-order valence-corrected chi connectivity index (χ4v) is 6.18. The lowest BCUT2D eigenvalue weighted by molar-refractivity contribution is -0.137. The summed E-state index contributed by atoms with van der Waals surface area (Å²) in [4.78, 5) is 15.0. The summed E-state index contributed by atoms with van der Waals surface area (Å²) in [5.41, 5.74) is 16.5. The van der Waals surface area contributed by atoms with Crippen molar-refractivity contribution in [2.75, 3.05) is 13.7 Å². The minimum Gasteiger partial charge on any atom is -0.496 e. The Morgan fingerprint density at radius 2 is 1.63 bits per heavy atom. The van der Waals surface area contributed by atoms with Crippen LogP contribution in [0.1, 0.15) is 51.8 Å². The van der Waals surface area contributed by atoms with E-state index in [2.05, 4.69) is 60.5 Å². The van der Waals surface area contributed by atoms with Crippen LogP contribution in [-0.2, 0) is 31.1 Å². The fraction of sp³-hybridized carbons (Fsp3) is 0.244. The highest BCUT2D eigenvalue weighted by atomic mass is 35.5. The average molecular weight is 705 g/mol. The quantitative estimate of drug-likeness (QED) is 0.0869. The molecule has 0 spiro atoms. The van der Waals surface area contributed by atoms with E-state index in [1.165, 1.54) is 6.20 Å². The van der Waals surface area contributed by atoms with Crippen molar-refractivity contribution < 1.29 is 24.1 Å². The lowest BCUT2D eigenvalue weighted by Crippen LogP contribution is -2.16. The van der Waals surface area contributed by atoms with Gasteiger partial charge in [-0.3, -0.25) is 9.78 Å². The number of nitrogens with two attached hydrogens (primary N) is 1. The molecule has 0 bridgehead atoms.